The number of benzene rings is 1. The molecular formula is C13H14FN3. The summed E-state index contributed by atoms with van der Waals surface area (Å²) >= 11 is 0. The van der Waals surface area contributed by atoms with Crippen LogP contribution in [0.5, 0.6) is 0 Å². The zero-order valence-corrected chi connectivity index (χ0v) is 9.65. The van der Waals surface area contributed by atoms with Gasteiger partial charge in [0.25, 0.3) is 0 Å². The Morgan fingerprint density at radius 3 is 2.71 bits per heavy atom. The molecule has 0 amide bonds. The molecule has 0 spiro atoms. The van der Waals surface area contributed by atoms with Gasteiger partial charge in [-0.25, -0.2) is 4.39 Å². The van der Waals surface area contributed by atoms with Crippen molar-refractivity contribution in [2.45, 2.75) is 18.8 Å². The normalized spacial score (nSPS) is 15.2. The van der Waals surface area contributed by atoms with Gasteiger partial charge in [-0.05, 0) is 18.9 Å². The summed E-state index contributed by atoms with van der Waals surface area (Å²) in [6, 6.07) is 6.72. The molecule has 0 saturated heterocycles. The molecule has 0 aliphatic heterocycles. The van der Waals surface area contributed by atoms with E-state index in [0.717, 1.165) is 24.1 Å². The molecule has 0 unspecified atom stereocenters. The molecule has 88 valence electrons. The van der Waals surface area contributed by atoms with Crippen LogP contribution in [0.15, 0.2) is 24.3 Å². The first-order valence-electron chi connectivity index (χ1n) is 5.75. The number of rotatable bonds is 2. The van der Waals surface area contributed by atoms with E-state index in [1.807, 2.05) is 6.07 Å². The van der Waals surface area contributed by atoms with Gasteiger partial charge in [-0.3, -0.25) is 4.68 Å². The molecule has 1 aromatic carbocycles. The van der Waals surface area contributed by atoms with Gasteiger partial charge in [0.15, 0.2) is 0 Å². The van der Waals surface area contributed by atoms with Gasteiger partial charge in [0.05, 0.1) is 11.3 Å². The Kier molecular flexibility index (Phi) is 2.18. The summed E-state index contributed by atoms with van der Waals surface area (Å²) in [6.07, 6.45) is 2.25. The van der Waals surface area contributed by atoms with Gasteiger partial charge in [0, 0.05) is 18.5 Å². The molecule has 17 heavy (non-hydrogen) atoms. The van der Waals surface area contributed by atoms with Gasteiger partial charge in [-0.1, -0.05) is 18.2 Å². The van der Waals surface area contributed by atoms with Crippen LogP contribution >= 0.6 is 0 Å². The number of anilines is 1. The van der Waals surface area contributed by atoms with Crippen molar-refractivity contribution in [2.24, 2.45) is 7.05 Å². The van der Waals surface area contributed by atoms with Crippen LogP contribution in [-0.4, -0.2) is 9.78 Å². The summed E-state index contributed by atoms with van der Waals surface area (Å²) in [5.41, 5.74) is 8.27. The van der Waals surface area contributed by atoms with Crippen molar-refractivity contribution in [1.82, 2.24) is 9.78 Å². The van der Waals surface area contributed by atoms with Gasteiger partial charge in [-0.15, -0.1) is 0 Å². The summed E-state index contributed by atoms with van der Waals surface area (Å²) in [5, 5.41) is 4.41. The fraction of sp³-hybridized carbons (Fsp3) is 0.308. The minimum atomic E-state index is -0.242. The zero-order chi connectivity index (χ0) is 12.0. The third-order valence-electron chi connectivity index (χ3n) is 3.23. The predicted molar refractivity (Wildman–Crippen MR) is 65.0 cm³/mol. The highest BCUT2D eigenvalue weighted by atomic mass is 19.1. The van der Waals surface area contributed by atoms with Crippen LogP contribution < -0.4 is 5.73 Å². The molecule has 2 N–H and O–H groups in total. The van der Waals surface area contributed by atoms with Crippen LogP contribution in [0.3, 0.4) is 0 Å². The van der Waals surface area contributed by atoms with E-state index in [2.05, 4.69) is 5.10 Å². The molecule has 1 aliphatic rings. The topological polar surface area (TPSA) is 43.8 Å². The first kappa shape index (κ1) is 10.3. The van der Waals surface area contributed by atoms with Crippen LogP contribution in [0, 0.1) is 5.82 Å². The van der Waals surface area contributed by atoms with Crippen molar-refractivity contribution in [1.29, 1.82) is 0 Å². The molecular weight excluding hydrogens is 217 g/mol. The molecule has 1 fully saturated rings. The van der Waals surface area contributed by atoms with Crippen molar-refractivity contribution in [3.8, 4) is 11.1 Å². The SMILES string of the molecule is Cn1nc(C2CC2)c(-c2ccccc2F)c1N. The van der Waals surface area contributed by atoms with Crippen molar-refractivity contribution in [3.63, 3.8) is 0 Å². The molecule has 2 aromatic rings. The lowest BCUT2D eigenvalue weighted by Crippen LogP contribution is -1.98. The molecule has 0 bridgehead atoms. The van der Waals surface area contributed by atoms with Crippen LogP contribution in [0.2, 0.25) is 0 Å². The molecule has 3 nitrogen and oxygen atoms in total. The van der Waals surface area contributed by atoms with E-state index in [9.17, 15) is 4.39 Å². The van der Waals surface area contributed by atoms with Gasteiger partial charge in [0.2, 0.25) is 0 Å². The second-order valence-electron chi connectivity index (χ2n) is 4.52. The number of nitrogens with two attached hydrogens (primary N) is 1. The van der Waals surface area contributed by atoms with E-state index < -0.39 is 0 Å². The van der Waals surface area contributed by atoms with Gasteiger partial charge in [-0.2, -0.15) is 5.10 Å². The Labute approximate surface area is 99.1 Å². The predicted octanol–water partition coefficient (Wildman–Crippen LogP) is 2.69. The van der Waals surface area contributed by atoms with E-state index in [-0.39, 0.29) is 5.82 Å². The summed E-state index contributed by atoms with van der Waals surface area (Å²) in [5.74, 6) is 0.749. The molecule has 4 heteroatoms. The minimum absolute atomic E-state index is 0.242. The fourth-order valence-electron chi connectivity index (χ4n) is 2.14. The molecule has 1 aromatic heterocycles. The van der Waals surface area contributed by atoms with E-state index in [0.29, 0.717) is 17.3 Å². The number of hydrogen-bond donors (Lipinski definition) is 1. The maximum atomic E-state index is 13.8. The molecule has 3 rings (SSSR count). The Hall–Kier alpha value is -1.84. The highest BCUT2D eigenvalue weighted by Crippen LogP contribution is 2.45. The van der Waals surface area contributed by atoms with Crippen LogP contribution in [-0.2, 0) is 7.05 Å². The summed E-state index contributed by atoms with van der Waals surface area (Å²) in [4.78, 5) is 0. The number of nitrogen functional groups attached to an aromatic ring is 1. The number of halogens is 1. The maximum Gasteiger partial charge on any atom is 0.131 e. The standard InChI is InChI=1S/C13H14FN3/c1-17-13(15)11(12(16-17)8-6-7-8)9-4-2-3-5-10(9)14/h2-5,8H,6-7,15H2,1H3. The molecule has 0 radical (unpaired) electrons. The Balaban J connectivity index is 2.22. The molecule has 0 atom stereocenters. The number of hydrogen-bond acceptors (Lipinski definition) is 2. The Bertz CT molecular complexity index is 570. The Morgan fingerprint density at radius 2 is 2.06 bits per heavy atom. The van der Waals surface area contributed by atoms with Crippen molar-refractivity contribution in [3.05, 3.63) is 35.8 Å². The molecule has 1 heterocycles. The van der Waals surface area contributed by atoms with E-state index in [4.69, 9.17) is 5.73 Å². The molecule has 1 saturated carbocycles. The van der Waals surface area contributed by atoms with Gasteiger partial charge < -0.3 is 5.73 Å². The summed E-state index contributed by atoms with van der Waals surface area (Å²) in [6.45, 7) is 0. The van der Waals surface area contributed by atoms with Crippen LogP contribution in [0.25, 0.3) is 11.1 Å². The lowest BCUT2D eigenvalue weighted by atomic mass is 10.0. The summed E-state index contributed by atoms with van der Waals surface area (Å²) in [7, 11) is 1.80. The van der Waals surface area contributed by atoms with Crippen LogP contribution in [0.4, 0.5) is 10.2 Å². The third-order valence-corrected chi connectivity index (χ3v) is 3.23. The first-order valence-corrected chi connectivity index (χ1v) is 5.75. The zero-order valence-electron chi connectivity index (χ0n) is 9.65. The highest BCUT2D eigenvalue weighted by Gasteiger charge is 2.31. The van der Waals surface area contributed by atoms with E-state index in [1.54, 1.807) is 23.9 Å². The van der Waals surface area contributed by atoms with Gasteiger partial charge >= 0.3 is 0 Å². The van der Waals surface area contributed by atoms with Crippen molar-refractivity contribution in [2.75, 3.05) is 5.73 Å². The highest BCUT2D eigenvalue weighted by molar-refractivity contribution is 5.77. The smallest absolute Gasteiger partial charge is 0.131 e. The van der Waals surface area contributed by atoms with E-state index >= 15 is 0 Å². The maximum absolute atomic E-state index is 13.8. The second-order valence-corrected chi connectivity index (χ2v) is 4.52. The van der Waals surface area contributed by atoms with Crippen LogP contribution in [0.1, 0.15) is 24.5 Å². The largest absolute Gasteiger partial charge is 0.383 e. The quantitative estimate of drug-likeness (QED) is 0.863. The minimum Gasteiger partial charge on any atom is -0.383 e. The summed E-state index contributed by atoms with van der Waals surface area (Å²) < 4.78 is 15.5. The average molecular weight is 231 g/mol. The third kappa shape index (κ3) is 1.60. The number of aromatic nitrogens is 2. The lowest BCUT2D eigenvalue weighted by molar-refractivity contribution is 0.631. The number of nitrogens with zero attached hydrogens (tertiary/aromatic N) is 2. The monoisotopic (exact) mass is 231 g/mol. The van der Waals surface area contributed by atoms with Crippen molar-refractivity contribution >= 4 is 5.82 Å². The number of aryl methyl sites for hydroxylation is 1. The fourth-order valence-corrected chi connectivity index (χ4v) is 2.14. The Morgan fingerprint density at radius 1 is 1.35 bits per heavy atom. The first-order chi connectivity index (χ1) is 8.18. The average Bonchev–Trinajstić information content (AvgIpc) is 3.10. The lowest BCUT2D eigenvalue weighted by Gasteiger charge is -2.04. The second kappa shape index (κ2) is 3.58. The van der Waals surface area contributed by atoms with Crippen molar-refractivity contribution < 1.29 is 4.39 Å². The van der Waals surface area contributed by atoms with Gasteiger partial charge in [0.1, 0.15) is 11.6 Å². The van der Waals surface area contributed by atoms with E-state index in [1.165, 1.54) is 6.07 Å². The molecule has 1 aliphatic carbocycles.